The van der Waals surface area contributed by atoms with E-state index in [2.05, 4.69) is 5.32 Å². The first-order valence-corrected chi connectivity index (χ1v) is 10.8. The van der Waals surface area contributed by atoms with E-state index in [1.54, 1.807) is 14.2 Å². The minimum Gasteiger partial charge on any atom is -0.497 e. The lowest BCUT2D eigenvalue weighted by atomic mass is 10.0. The number of methoxy groups -OCH3 is 2. The maximum atomic E-state index is 13.4. The van der Waals surface area contributed by atoms with Gasteiger partial charge in [0.25, 0.3) is 5.91 Å². The van der Waals surface area contributed by atoms with Crippen LogP contribution in [0, 0.1) is 12.8 Å². The van der Waals surface area contributed by atoms with Crippen LogP contribution in [0.4, 0.5) is 5.00 Å². The van der Waals surface area contributed by atoms with Crippen LogP contribution in [-0.2, 0) is 4.79 Å². The van der Waals surface area contributed by atoms with E-state index in [0.717, 1.165) is 53.3 Å². The van der Waals surface area contributed by atoms with Gasteiger partial charge in [0.2, 0.25) is 5.91 Å². The fourth-order valence-corrected chi connectivity index (χ4v) is 4.91. The number of likely N-dealkylation sites (tertiary alicyclic amines) is 1. The highest BCUT2D eigenvalue weighted by molar-refractivity contribution is 7.18. The summed E-state index contributed by atoms with van der Waals surface area (Å²) in [6, 6.07) is 7.61. The first-order valence-electron chi connectivity index (χ1n) is 9.96. The summed E-state index contributed by atoms with van der Waals surface area (Å²) in [4.78, 5) is 28.1. The number of aryl methyl sites for hydroxylation is 1. The number of carbonyl (C=O) groups excluding carboxylic acids is 2. The monoisotopic (exact) mass is 414 g/mol. The predicted molar refractivity (Wildman–Crippen MR) is 113 cm³/mol. The molecular formula is C22H26N2O4S. The second kappa shape index (κ2) is 8.06. The van der Waals surface area contributed by atoms with Gasteiger partial charge in [-0.25, -0.2) is 0 Å². The molecule has 1 aromatic carbocycles. The van der Waals surface area contributed by atoms with Crippen LogP contribution in [0.5, 0.6) is 11.5 Å². The Balaban J connectivity index is 1.57. The Kier molecular flexibility index (Phi) is 5.50. The number of nitrogens with one attached hydrogen (secondary N) is 1. The van der Waals surface area contributed by atoms with Gasteiger partial charge in [-0.15, -0.1) is 11.3 Å². The average molecular weight is 415 g/mol. The molecule has 1 aliphatic heterocycles. The molecule has 154 valence electrons. The summed E-state index contributed by atoms with van der Waals surface area (Å²) in [5.74, 6) is 1.68. The summed E-state index contributed by atoms with van der Waals surface area (Å²) < 4.78 is 10.9. The van der Waals surface area contributed by atoms with Gasteiger partial charge in [-0.3, -0.25) is 9.59 Å². The van der Waals surface area contributed by atoms with Crippen LogP contribution < -0.4 is 14.8 Å². The first kappa shape index (κ1) is 19.8. The van der Waals surface area contributed by atoms with E-state index >= 15 is 0 Å². The van der Waals surface area contributed by atoms with Gasteiger partial charge in [0, 0.05) is 24.1 Å². The van der Waals surface area contributed by atoms with Crippen molar-refractivity contribution in [2.75, 3.05) is 26.1 Å². The fourth-order valence-electron chi connectivity index (χ4n) is 3.88. The lowest BCUT2D eigenvalue weighted by Crippen LogP contribution is -2.30. The van der Waals surface area contributed by atoms with Gasteiger partial charge in [0.15, 0.2) is 0 Å². The molecule has 4 rings (SSSR count). The number of ether oxygens (including phenoxy) is 2. The summed E-state index contributed by atoms with van der Waals surface area (Å²) in [6.07, 6.45) is 3.76. The Hall–Kier alpha value is -2.54. The molecule has 1 aliphatic carbocycles. The minimum absolute atomic E-state index is 0.0137. The van der Waals surface area contributed by atoms with Crippen LogP contribution in [0.1, 0.15) is 52.5 Å². The molecule has 29 heavy (non-hydrogen) atoms. The molecule has 6 nitrogen and oxygen atoms in total. The van der Waals surface area contributed by atoms with Crippen molar-refractivity contribution in [1.82, 2.24) is 4.90 Å². The number of benzene rings is 1. The highest BCUT2D eigenvalue weighted by atomic mass is 32.1. The van der Waals surface area contributed by atoms with E-state index < -0.39 is 0 Å². The molecule has 1 saturated carbocycles. The molecule has 1 aromatic heterocycles. The Labute approximate surface area is 174 Å². The fraction of sp³-hybridized carbons (Fsp3) is 0.455. The highest BCUT2D eigenvalue weighted by Gasteiger charge is 2.34. The van der Waals surface area contributed by atoms with E-state index in [9.17, 15) is 9.59 Å². The quantitative estimate of drug-likeness (QED) is 0.761. The van der Waals surface area contributed by atoms with Gasteiger partial charge in [0.1, 0.15) is 11.5 Å². The van der Waals surface area contributed by atoms with Crippen molar-refractivity contribution in [3.05, 3.63) is 40.3 Å². The number of amides is 2. The number of rotatable bonds is 6. The molecule has 2 fully saturated rings. The summed E-state index contributed by atoms with van der Waals surface area (Å²) in [7, 11) is 3.26. The molecule has 0 radical (unpaired) electrons. The second-order valence-corrected chi connectivity index (χ2v) is 8.70. The molecule has 1 saturated heterocycles. The maximum absolute atomic E-state index is 13.4. The molecule has 1 atom stereocenters. The normalized spacial score (nSPS) is 18.6. The molecule has 0 spiro atoms. The molecule has 2 aromatic rings. The summed E-state index contributed by atoms with van der Waals surface area (Å²) in [5.41, 5.74) is 1.90. The van der Waals surface area contributed by atoms with E-state index in [1.165, 1.54) is 11.3 Å². The van der Waals surface area contributed by atoms with Crippen LogP contribution in [-0.4, -0.2) is 37.5 Å². The van der Waals surface area contributed by atoms with Gasteiger partial charge >= 0.3 is 0 Å². The predicted octanol–water partition coefficient (Wildman–Crippen LogP) is 4.40. The van der Waals surface area contributed by atoms with E-state index in [-0.39, 0.29) is 23.8 Å². The number of carbonyl (C=O) groups is 2. The molecule has 2 amide bonds. The summed E-state index contributed by atoms with van der Waals surface area (Å²) in [5, 5.41) is 3.71. The van der Waals surface area contributed by atoms with Crippen molar-refractivity contribution in [1.29, 1.82) is 0 Å². The van der Waals surface area contributed by atoms with Crippen molar-refractivity contribution in [3.63, 3.8) is 0 Å². The van der Waals surface area contributed by atoms with E-state index in [1.807, 2.05) is 36.1 Å². The first-order chi connectivity index (χ1) is 14.0. The summed E-state index contributed by atoms with van der Waals surface area (Å²) >= 11 is 1.37. The van der Waals surface area contributed by atoms with Gasteiger partial charge in [-0.05, 0) is 56.4 Å². The van der Waals surface area contributed by atoms with Crippen LogP contribution in [0.25, 0.3) is 0 Å². The van der Waals surface area contributed by atoms with E-state index in [4.69, 9.17) is 9.47 Å². The van der Waals surface area contributed by atoms with Crippen molar-refractivity contribution in [2.45, 2.75) is 38.6 Å². The minimum atomic E-state index is -0.0330. The molecule has 2 heterocycles. The average Bonchev–Trinajstić information content (AvgIpc) is 3.36. The Bertz CT molecular complexity index is 935. The van der Waals surface area contributed by atoms with E-state index in [0.29, 0.717) is 11.4 Å². The number of hydrogen-bond donors (Lipinski definition) is 1. The third kappa shape index (κ3) is 3.96. The smallest absolute Gasteiger partial charge is 0.264 e. The van der Waals surface area contributed by atoms with Crippen molar-refractivity contribution in [3.8, 4) is 11.5 Å². The SMILES string of the molecule is COc1ccc([C@@H]2CCCN2C(=O)c2sc(NC(=O)C3CC3)cc2C)c(OC)c1. The third-order valence-electron chi connectivity index (χ3n) is 5.62. The Morgan fingerprint density at radius 3 is 2.62 bits per heavy atom. The molecule has 1 N–H and O–H groups in total. The maximum Gasteiger partial charge on any atom is 0.264 e. The van der Waals surface area contributed by atoms with Gasteiger partial charge in [-0.1, -0.05) is 0 Å². The topological polar surface area (TPSA) is 67.9 Å². The van der Waals surface area contributed by atoms with Crippen molar-refractivity contribution in [2.24, 2.45) is 5.92 Å². The van der Waals surface area contributed by atoms with Crippen molar-refractivity contribution >= 4 is 28.2 Å². The lowest BCUT2D eigenvalue weighted by molar-refractivity contribution is -0.117. The third-order valence-corrected chi connectivity index (χ3v) is 6.76. The number of thiophene rings is 1. The molecule has 7 heteroatoms. The zero-order valence-corrected chi connectivity index (χ0v) is 17.8. The van der Waals surface area contributed by atoms with Crippen LogP contribution >= 0.6 is 11.3 Å². The number of anilines is 1. The summed E-state index contributed by atoms with van der Waals surface area (Å²) in [6.45, 7) is 2.63. The lowest BCUT2D eigenvalue weighted by Gasteiger charge is -2.26. The highest BCUT2D eigenvalue weighted by Crippen LogP contribution is 2.41. The zero-order valence-electron chi connectivity index (χ0n) is 17.0. The van der Waals surface area contributed by atoms with Crippen LogP contribution in [0.2, 0.25) is 0 Å². The Morgan fingerprint density at radius 2 is 1.93 bits per heavy atom. The largest absolute Gasteiger partial charge is 0.497 e. The number of nitrogens with zero attached hydrogens (tertiary/aromatic N) is 1. The molecule has 0 unspecified atom stereocenters. The second-order valence-electron chi connectivity index (χ2n) is 7.65. The van der Waals surface area contributed by atoms with Crippen molar-refractivity contribution < 1.29 is 19.1 Å². The van der Waals surface area contributed by atoms with Gasteiger partial charge < -0.3 is 19.7 Å². The Morgan fingerprint density at radius 1 is 1.14 bits per heavy atom. The van der Waals surface area contributed by atoms with Gasteiger partial charge in [-0.2, -0.15) is 0 Å². The molecule has 2 aliphatic rings. The molecule has 0 bridgehead atoms. The van der Waals surface area contributed by atoms with Gasteiger partial charge in [0.05, 0.1) is 30.1 Å². The zero-order chi connectivity index (χ0) is 20.5. The number of hydrogen-bond acceptors (Lipinski definition) is 5. The standard InChI is InChI=1S/C22H26N2O4S/c1-13-11-19(23-21(25)14-6-7-14)29-20(13)22(26)24-10-4-5-17(24)16-9-8-15(27-2)12-18(16)28-3/h8-9,11-12,14,17H,4-7,10H2,1-3H3,(H,23,25)/t17-/m0/s1. The van der Waals surface area contributed by atoms with Crippen LogP contribution in [0.3, 0.4) is 0 Å². The molecular weight excluding hydrogens is 388 g/mol. The van der Waals surface area contributed by atoms with Crippen LogP contribution in [0.15, 0.2) is 24.3 Å².